The van der Waals surface area contributed by atoms with Crippen LogP contribution in [0, 0.1) is 12.5 Å². The van der Waals surface area contributed by atoms with Crippen LogP contribution in [0.3, 0.4) is 0 Å². The van der Waals surface area contributed by atoms with Crippen LogP contribution in [-0.2, 0) is 9.53 Å². The average molecular weight is 152 g/mol. The second kappa shape index (κ2) is 5.55. The summed E-state index contributed by atoms with van der Waals surface area (Å²) in [6, 6.07) is 0. The first kappa shape index (κ1) is 9.77. The molecule has 0 aromatic carbocycles. The van der Waals surface area contributed by atoms with E-state index in [1.165, 1.54) is 0 Å². The lowest BCUT2D eigenvalue weighted by molar-refractivity contribution is -0.132. The Morgan fingerprint density at radius 3 is 2.82 bits per heavy atom. The van der Waals surface area contributed by atoms with Crippen LogP contribution in [0.25, 0.3) is 0 Å². The van der Waals surface area contributed by atoms with Gasteiger partial charge in [-0.3, -0.25) is 0 Å². The summed E-state index contributed by atoms with van der Waals surface area (Å²) in [5, 5.41) is 0. The van der Waals surface area contributed by atoms with Crippen molar-refractivity contribution < 1.29 is 9.53 Å². The van der Waals surface area contributed by atoms with Gasteiger partial charge in [0.25, 0.3) is 0 Å². The quantitative estimate of drug-likeness (QED) is 0.350. The van der Waals surface area contributed by atoms with E-state index in [9.17, 15) is 4.79 Å². The lowest BCUT2D eigenvalue weighted by Crippen LogP contribution is -2.00. The minimum Gasteiger partial charge on any atom is -0.369 e. The SMILES string of the molecule is C#COC(=O)C(C)=CCCC. The van der Waals surface area contributed by atoms with Crippen LogP contribution in [0.1, 0.15) is 26.7 Å². The normalized spacial score (nSPS) is 10.5. The molecule has 11 heavy (non-hydrogen) atoms. The molecule has 2 heteroatoms. The van der Waals surface area contributed by atoms with Gasteiger partial charge < -0.3 is 4.74 Å². The van der Waals surface area contributed by atoms with Crippen molar-refractivity contribution in [2.75, 3.05) is 0 Å². The second-order valence-electron chi connectivity index (χ2n) is 2.18. The zero-order valence-electron chi connectivity index (χ0n) is 6.89. The van der Waals surface area contributed by atoms with E-state index in [2.05, 4.69) is 4.74 Å². The third-order valence-electron chi connectivity index (χ3n) is 1.21. The molecule has 0 aromatic heterocycles. The molecule has 0 atom stereocenters. The Morgan fingerprint density at radius 1 is 1.73 bits per heavy atom. The molecule has 0 N–H and O–H groups in total. The Morgan fingerprint density at radius 2 is 2.36 bits per heavy atom. The second-order valence-corrected chi connectivity index (χ2v) is 2.18. The first-order chi connectivity index (χ1) is 5.22. The smallest absolute Gasteiger partial charge is 0.347 e. The van der Waals surface area contributed by atoms with Crippen LogP contribution < -0.4 is 0 Å². The first-order valence-electron chi connectivity index (χ1n) is 3.56. The maximum Gasteiger partial charge on any atom is 0.347 e. The Balaban J connectivity index is 3.92. The minimum atomic E-state index is -0.430. The fourth-order valence-electron chi connectivity index (χ4n) is 0.578. The molecule has 2 nitrogen and oxygen atoms in total. The number of hydrogen-bond acceptors (Lipinski definition) is 2. The van der Waals surface area contributed by atoms with Crippen molar-refractivity contribution in [3.63, 3.8) is 0 Å². The van der Waals surface area contributed by atoms with Crippen LogP contribution in [0.4, 0.5) is 0 Å². The lowest BCUT2D eigenvalue weighted by atomic mass is 10.2. The van der Waals surface area contributed by atoms with Crippen molar-refractivity contribution in [3.8, 4) is 12.5 Å². The van der Waals surface area contributed by atoms with Gasteiger partial charge in [-0.25, -0.2) is 4.79 Å². The van der Waals surface area contributed by atoms with Crippen LogP contribution in [0.5, 0.6) is 0 Å². The molecule has 0 spiro atoms. The van der Waals surface area contributed by atoms with E-state index < -0.39 is 5.97 Å². The van der Waals surface area contributed by atoms with E-state index in [0.717, 1.165) is 12.8 Å². The zero-order chi connectivity index (χ0) is 8.69. The summed E-state index contributed by atoms with van der Waals surface area (Å²) in [5.41, 5.74) is 0.574. The molecular formula is C9H12O2. The molecular weight excluding hydrogens is 140 g/mol. The van der Waals surface area contributed by atoms with Gasteiger partial charge in [-0.2, -0.15) is 0 Å². The summed E-state index contributed by atoms with van der Waals surface area (Å²) in [4.78, 5) is 10.8. The molecule has 60 valence electrons. The summed E-state index contributed by atoms with van der Waals surface area (Å²) < 4.78 is 4.32. The molecule has 0 bridgehead atoms. The Labute approximate surface area is 67.2 Å². The highest BCUT2D eigenvalue weighted by Gasteiger charge is 2.02. The number of ether oxygens (including phenoxy) is 1. The van der Waals surface area contributed by atoms with Gasteiger partial charge in [0.1, 0.15) is 6.11 Å². The van der Waals surface area contributed by atoms with E-state index in [4.69, 9.17) is 6.42 Å². The van der Waals surface area contributed by atoms with Crippen molar-refractivity contribution in [3.05, 3.63) is 11.6 Å². The average Bonchev–Trinajstić information content (AvgIpc) is 2.00. The number of rotatable bonds is 3. The first-order valence-corrected chi connectivity index (χ1v) is 3.56. The number of allylic oxidation sites excluding steroid dienone is 1. The predicted octanol–water partition coefficient (Wildman–Crippen LogP) is 1.87. The van der Waals surface area contributed by atoms with Crippen LogP contribution >= 0.6 is 0 Å². The van der Waals surface area contributed by atoms with Gasteiger partial charge in [0.2, 0.25) is 0 Å². The van der Waals surface area contributed by atoms with E-state index in [-0.39, 0.29) is 0 Å². The summed E-state index contributed by atoms with van der Waals surface area (Å²) in [6.45, 7) is 3.73. The molecule has 0 aliphatic carbocycles. The molecule has 0 rings (SSSR count). The van der Waals surface area contributed by atoms with E-state index in [0.29, 0.717) is 5.57 Å². The number of hydrogen-bond donors (Lipinski definition) is 0. The van der Waals surface area contributed by atoms with E-state index in [1.807, 2.05) is 19.1 Å². The van der Waals surface area contributed by atoms with Crippen LogP contribution in [0.15, 0.2) is 11.6 Å². The van der Waals surface area contributed by atoms with Gasteiger partial charge in [0.15, 0.2) is 0 Å². The highest BCUT2D eigenvalue weighted by molar-refractivity contribution is 5.88. The summed E-state index contributed by atoms with van der Waals surface area (Å²) in [5.74, 6) is -0.430. The third kappa shape index (κ3) is 4.21. The Bertz CT molecular complexity index is 196. The van der Waals surface area contributed by atoms with Crippen molar-refractivity contribution in [1.82, 2.24) is 0 Å². The van der Waals surface area contributed by atoms with Gasteiger partial charge in [-0.05, 0) is 13.3 Å². The third-order valence-corrected chi connectivity index (χ3v) is 1.21. The maximum absolute atomic E-state index is 10.8. The number of terminal acetylenes is 1. The lowest BCUT2D eigenvalue weighted by Gasteiger charge is -1.94. The molecule has 0 aromatic rings. The number of esters is 1. The van der Waals surface area contributed by atoms with Crippen molar-refractivity contribution in [2.24, 2.45) is 0 Å². The molecule has 0 radical (unpaired) electrons. The van der Waals surface area contributed by atoms with Crippen LogP contribution in [-0.4, -0.2) is 5.97 Å². The summed E-state index contributed by atoms with van der Waals surface area (Å²) in [6.07, 6.45) is 10.3. The molecule has 0 amide bonds. The summed E-state index contributed by atoms with van der Waals surface area (Å²) in [7, 11) is 0. The number of carbonyl (C=O) groups excluding carboxylic acids is 1. The molecule has 0 fully saturated rings. The van der Waals surface area contributed by atoms with E-state index in [1.54, 1.807) is 6.92 Å². The number of carbonyl (C=O) groups is 1. The summed E-state index contributed by atoms with van der Waals surface area (Å²) >= 11 is 0. The Kier molecular flexibility index (Phi) is 4.93. The standard InChI is InChI=1S/C9H12O2/c1-4-6-7-8(3)9(10)11-5-2/h2,7H,4,6H2,1,3H3. The highest BCUT2D eigenvalue weighted by Crippen LogP contribution is 1.99. The molecule has 0 saturated heterocycles. The zero-order valence-corrected chi connectivity index (χ0v) is 6.89. The maximum atomic E-state index is 10.8. The monoisotopic (exact) mass is 152 g/mol. The van der Waals surface area contributed by atoms with Crippen molar-refractivity contribution in [2.45, 2.75) is 26.7 Å². The molecule has 0 aliphatic rings. The van der Waals surface area contributed by atoms with Gasteiger partial charge in [-0.1, -0.05) is 25.8 Å². The van der Waals surface area contributed by atoms with E-state index >= 15 is 0 Å². The predicted molar refractivity (Wildman–Crippen MR) is 43.6 cm³/mol. The molecule has 0 saturated carbocycles. The van der Waals surface area contributed by atoms with Gasteiger partial charge in [0.05, 0.1) is 0 Å². The van der Waals surface area contributed by atoms with Gasteiger partial charge in [0, 0.05) is 5.57 Å². The Hall–Kier alpha value is -1.23. The number of unbranched alkanes of at least 4 members (excludes halogenated alkanes) is 1. The fraction of sp³-hybridized carbons (Fsp3) is 0.444. The largest absolute Gasteiger partial charge is 0.369 e. The molecule has 0 unspecified atom stereocenters. The highest BCUT2D eigenvalue weighted by atomic mass is 16.5. The van der Waals surface area contributed by atoms with Crippen molar-refractivity contribution in [1.29, 1.82) is 0 Å². The molecule has 0 heterocycles. The van der Waals surface area contributed by atoms with Gasteiger partial charge in [-0.15, -0.1) is 0 Å². The van der Waals surface area contributed by atoms with Crippen molar-refractivity contribution >= 4 is 5.97 Å². The fourth-order valence-corrected chi connectivity index (χ4v) is 0.578. The molecule has 0 aliphatic heterocycles. The van der Waals surface area contributed by atoms with Gasteiger partial charge >= 0.3 is 5.97 Å². The minimum absolute atomic E-state index is 0.430. The topological polar surface area (TPSA) is 26.3 Å². The van der Waals surface area contributed by atoms with Crippen LogP contribution in [0.2, 0.25) is 0 Å².